The largest absolute Gasteiger partial charge is 0.352 e. The molecule has 1 aromatic heterocycles. The lowest BCUT2D eigenvalue weighted by atomic mass is 10.1. The fourth-order valence-electron chi connectivity index (χ4n) is 2.16. The second kappa shape index (κ2) is 7.23. The van der Waals surface area contributed by atoms with Crippen LogP contribution in [0.2, 0.25) is 5.02 Å². The zero-order valence-corrected chi connectivity index (χ0v) is 13.6. The summed E-state index contributed by atoms with van der Waals surface area (Å²) >= 11 is 5.94. The molecule has 23 heavy (non-hydrogen) atoms. The zero-order valence-electron chi connectivity index (χ0n) is 12.8. The predicted molar refractivity (Wildman–Crippen MR) is 86.6 cm³/mol. The molecule has 0 bridgehead atoms. The molecule has 8 heteroatoms. The van der Waals surface area contributed by atoms with Crippen molar-refractivity contribution in [2.24, 2.45) is 5.92 Å². The number of rotatable bonds is 6. The highest BCUT2D eigenvalue weighted by atomic mass is 35.5. The van der Waals surface area contributed by atoms with Crippen LogP contribution >= 0.6 is 11.6 Å². The molecule has 1 aromatic carbocycles. The Labute approximate surface area is 138 Å². The summed E-state index contributed by atoms with van der Waals surface area (Å²) in [5, 5.41) is 13.5. The van der Waals surface area contributed by atoms with Crippen molar-refractivity contribution >= 4 is 23.2 Å². The minimum Gasteiger partial charge on any atom is -0.352 e. The Morgan fingerprint density at radius 1 is 1.52 bits per heavy atom. The first-order valence-electron chi connectivity index (χ1n) is 7.08. The number of amides is 1. The number of aryl methyl sites for hydroxylation is 1. The molecule has 0 aliphatic carbocycles. The minimum absolute atomic E-state index is 0.0646. The van der Waals surface area contributed by atoms with E-state index in [1.807, 2.05) is 24.6 Å². The normalized spacial score (nSPS) is 12.0. The average Bonchev–Trinajstić information content (AvgIpc) is 2.89. The van der Waals surface area contributed by atoms with Gasteiger partial charge in [-0.2, -0.15) is 0 Å². The third kappa shape index (κ3) is 4.29. The SMILES string of the molecule is Cc1nccn1C[C@H](C)CNC(=O)c1ccc([N+](=O)[O-])cc1Cl. The van der Waals surface area contributed by atoms with E-state index >= 15 is 0 Å². The molecule has 0 unspecified atom stereocenters. The molecule has 0 radical (unpaired) electrons. The summed E-state index contributed by atoms with van der Waals surface area (Å²) in [5.74, 6) is 0.768. The number of halogens is 1. The van der Waals surface area contributed by atoms with E-state index in [0.29, 0.717) is 6.54 Å². The summed E-state index contributed by atoms with van der Waals surface area (Å²) in [6, 6.07) is 3.80. The van der Waals surface area contributed by atoms with E-state index < -0.39 is 4.92 Å². The first kappa shape index (κ1) is 17.0. The number of non-ortho nitro benzene ring substituents is 1. The van der Waals surface area contributed by atoms with E-state index in [-0.39, 0.29) is 28.1 Å². The Kier molecular flexibility index (Phi) is 5.33. The maximum Gasteiger partial charge on any atom is 0.270 e. The number of nitro benzene ring substituents is 1. The highest BCUT2D eigenvalue weighted by molar-refractivity contribution is 6.34. The van der Waals surface area contributed by atoms with E-state index in [1.165, 1.54) is 18.2 Å². The molecule has 2 aromatic rings. The van der Waals surface area contributed by atoms with Crippen LogP contribution in [0.5, 0.6) is 0 Å². The van der Waals surface area contributed by atoms with Crippen LogP contribution in [0.4, 0.5) is 5.69 Å². The molecule has 0 saturated heterocycles. The molecule has 2 rings (SSSR count). The molecule has 1 amide bonds. The first-order chi connectivity index (χ1) is 10.9. The number of nitrogens with one attached hydrogen (secondary N) is 1. The monoisotopic (exact) mass is 336 g/mol. The molecular formula is C15H17ClN4O3. The molecule has 1 heterocycles. The van der Waals surface area contributed by atoms with Crippen molar-refractivity contribution in [2.45, 2.75) is 20.4 Å². The maximum absolute atomic E-state index is 12.1. The summed E-state index contributed by atoms with van der Waals surface area (Å²) in [7, 11) is 0. The van der Waals surface area contributed by atoms with Gasteiger partial charge in [0.2, 0.25) is 0 Å². The molecule has 0 fully saturated rings. The highest BCUT2D eigenvalue weighted by Gasteiger charge is 2.15. The van der Waals surface area contributed by atoms with Gasteiger partial charge in [0.15, 0.2) is 0 Å². The van der Waals surface area contributed by atoms with Gasteiger partial charge in [0.25, 0.3) is 11.6 Å². The second-order valence-electron chi connectivity index (χ2n) is 5.36. The molecule has 0 saturated carbocycles. The predicted octanol–water partition coefficient (Wildman–Crippen LogP) is 2.82. The van der Waals surface area contributed by atoms with E-state index in [2.05, 4.69) is 10.3 Å². The topological polar surface area (TPSA) is 90.1 Å². The number of nitrogens with zero attached hydrogens (tertiary/aromatic N) is 3. The van der Waals surface area contributed by atoms with Crippen LogP contribution < -0.4 is 5.32 Å². The third-order valence-corrected chi connectivity index (χ3v) is 3.76. The van der Waals surface area contributed by atoms with Crippen molar-refractivity contribution in [2.75, 3.05) is 6.54 Å². The Morgan fingerprint density at radius 2 is 2.26 bits per heavy atom. The Bertz CT molecular complexity index is 729. The van der Waals surface area contributed by atoms with Crippen LogP contribution in [0.15, 0.2) is 30.6 Å². The fourth-order valence-corrected chi connectivity index (χ4v) is 2.42. The summed E-state index contributed by atoms with van der Waals surface area (Å²) in [4.78, 5) is 26.4. The summed E-state index contributed by atoms with van der Waals surface area (Å²) in [6.45, 7) is 5.13. The average molecular weight is 337 g/mol. The number of benzene rings is 1. The van der Waals surface area contributed by atoms with Crippen molar-refractivity contribution in [1.82, 2.24) is 14.9 Å². The van der Waals surface area contributed by atoms with Crippen molar-refractivity contribution in [1.29, 1.82) is 0 Å². The van der Waals surface area contributed by atoms with Gasteiger partial charge in [0, 0.05) is 37.6 Å². The highest BCUT2D eigenvalue weighted by Crippen LogP contribution is 2.22. The Balaban J connectivity index is 1.94. The van der Waals surface area contributed by atoms with E-state index in [0.717, 1.165) is 12.4 Å². The molecule has 1 N–H and O–H groups in total. The Morgan fingerprint density at radius 3 is 2.83 bits per heavy atom. The maximum atomic E-state index is 12.1. The van der Waals surface area contributed by atoms with Crippen molar-refractivity contribution in [3.8, 4) is 0 Å². The van der Waals surface area contributed by atoms with Crippen molar-refractivity contribution < 1.29 is 9.72 Å². The molecule has 7 nitrogen and oxygen atoms in total. The number of hydrogen-bond acceptors (Lipinski definition) is 4. The van der Waals surface area contributed by atoms with Gasteiger partial charge in [-0.3, -0.25) is 14.9 Å². The molecule has 0 aliphatic heterocycles. The summed E-state index contributed by atoms with van der Waals surface area (Å²) in [5.41, 5.74) is 0.0822. The van der Waals surface area contributed by atoms with Crippen molar-refractivity contribution in [3.63, 3.8) is 0 Å². The van der Waals surface area contributed by atoms with Crippen LogP contribution in [-0.4, -0.2) is 26.9 Å². The molecule has 0 spiro atoms. The number of carbonyl (C=O) groups is 1. The number of aromatic nitrogens is 2. The third-order valence-electron chi connectivity index (χ3n) is 3.45. The van der Waals surface area contributed by atoms with Crippen LogP contribution in [-0.2, 0) is 6.54 Å². The first-order valence-corrected chi connectivity index (χ1v) is 7.46. The lowest BCUT2D eigenvalue weighted by molar-refractivity contribution is -0.384. The second-order valence-corrected chi connectivity index (χ2v) is 5.77. The smallest absolute Gasteiger partial charge is 0.270 e. The molecular weight excluding hydrogens is 320 g/mol. The standard InChI is InChI=1S/C15H17ClN4O3/c1-10(9-19-6-5-17-11(19)2)8-18-15(21)13-4-3-12(20(22)23)7-14(13)16/h3-7,10H,8-9H2,1-2H3,(H,18,21)/t10-/m1/s1. The van der Waals surface area contributed by atoms with Gasteiger partial charge in [0.1, 0.15) is 5.82 Å². The van der Waals surface area contributed by atoms with Crippen molar-refractivity contribution in [3.05, 3.63) is 57.1 Å². The number of hydrogen-bond donors (Lipinski definition) is 1. The van der Waals surface area contributed by atoms with Gasteiger partial charge >= 0.3 is 0 Å². The minimum atomic E-state index is -0.552. The summed E-state index contributed by atoms with van der Waals surface area (Å²) < 4.78 is 2.01. The van der Waals surface area contributed by atoms with Gasteiger partial charge in [-0.1, -0.05) is 18.5 Å². The van der Waals surface area contributed by atoms with E-state index in [4.69, 9.17) is 11.6 Å². The van der Waals surface area contributed by atoms with Gasteiger partial charge in [-0.15, -0.1) is 0 Å². The number of carbonyl (C=O) groups excluding carboxylic acids is 1. The van der Waals surface area contributed by atoms with E-state index in [9.17, 15) is 14.9 Å². The van der Waals surface area contributed by atoms with Crippen LogP contribution in [0, 0.1) is 23.0 Å². The Hall–Kier alpha value is -2.41. The van der Waals surface area contributed by atoms with Crippen LogP contribution in [0.25, 0.3) is 0 Å². The van der Waals surface area contributed by atoms with Gasteiger partial charge in [-0.05, 0) is 18.9 Å². The zero-order chi connectivity index (χ0) is 17.0. The molecule has 122 valence electrons. The quantitative estimate of drug-likeness (QED) is 0.648. The molecule has 1 atom stereocenters. The van der Waals surface area contributed by atoms with E-state index in [1.54, 1.807) is 6.20 Å². The number of nitro groups is 1. The molecule has 0 aliphatic rings. The fraction of sp³-hybridized carbons (Fsp3) is 0.333. The lowest BCUT2D eigenvalue weighted by Crippen LogP contribution is -2.30. The summed E-state index contributed by atoms with van der Waals surface area (Å²) in [6.07, 6.45) is 3.62. The lowest BCUT2D eigenvalue weighted by Gasteiger charge is -2.14. The van der Waals surface area contributed by atoms with Gasteiger partial charge < -0.3 is 9.88 Å². The van der Waals surface area contributed by atoms with Crippen LogP contribution in [0.1, 0.15) is 23.1 Å². The number of imidazole rings is 1. The van der Waals surface area contributed by atoms with Gasteiger partial charge in [-0.25, -0.2) is 4.98 Å². The van der Waals surface area contributed by atoms with Gasteiger partial charge in [0.05, 0.1) is 15.5 Å². The van der Waals surface area contributed by atoms with Crippen LogP contribution in [0.3, 0.4) is 0 Å².